The lowest BCUT2D eigenvalue weighted by molar-refractivity contribution is -0.0887. The molecule has 3 heterocycles. The molecule has 63 heavy (non-hydrogen) atoms. The predicted octanol–water partition coefficient (Wildman–Crippen LogP) is 9.00. The van der Waals surface area contributed by atoms with E-state index >= 15 is 4.39 Å². The zero-order valence-electron chi connectivity index (χ0n) is 36.0. The van der Waals surface area contributed by atoms with Crippen LogP contribution in [0.25, 0.3) is 11.2 Å². The first-order valence-electron chi connectivity index (χ1n) is 20.7. The molecule has 4 aromatic carbocycles. The van der Waals surface area contributed by atoms with Crippen LogP contribution in [0.15, 0.2) is 122 Å². The number of carbonyl (C=O) groups excluding carboxylic acids is 1. The van der Waals surface area contributed by atoms with Crippen LogP contribution in [-0.2, 0) is 24.1 Å². The van der Waals surface area contributed by atoms with Gasteiger partial charge in [-0.05, 0) is 80.8 Å². The first-order valence-corrected chi connectivity index (χ1v) is 21.8. The summed E-state index contributed by atoms with van der Waals surface area (Å²) >= 11 is 0. The predicted molar refractivity (Wildman–Crippen MR) is 237 cm³/mol. The molecule has 0 bridgehead atoms. The Morgan fingerprint density at radius 2 is 1.46 bits per heavy atom. The lowest BCUT2D eigenvalue weighted by Crippen LogP contribution is -2.39. The average Bonchev–Trinajstić information content (AvgIpc) is 3.87. The maximum atomic E-state index is 17.7. The summed E-state index contributed by atoms with van der Waals surface area (Å²) in [5, 5.41) is 12.2. The minimum Gasteiger partial charge on any atom is -0.497 e. The summed E-state index contributed by atoms with van der Waals surface area (Å²) in [7, 11) is 1.27. The molecule has 16 heteroatoms. The summed E-state index contributed by atoms with van der Waals surface area (Å²) in [5.74, 6) is 1.10. The highest BCUT2D eigenvalue weighted by molar-refractivity contribution is 7.44. The van der Waals surface area contributed by atoms with Gasteiger partial charge in [0.1, 0.15) is 35.6 Å². The third-order valence-corrected chi connectivity index (χ3v) is 12.8. The quantitative estimate of drug-likeness (QED) is 0.0469. The lowest BCUT2D eigenvalue weighted by atomic mass is 9.80. The van der Waals surface area contributed by atoms with Gasteiger partial charge >= 0.3 is 0 Å². The number of imidazole rings is 1. The zero-order valence-corrected chi connectivity index (χ0v) is 36.9. The summed E-state index contributed by atoms with van der Waals surface area (Å²) in [6.07, 6.45) is -2.52. The molecule has 2 unspecified atom stereocenters. The number of hydrogen-bond acceptors (Lipinski definition) is 12. The van der Waals surface area contributed by atoms with Crippen molar-refractivity contribution in [1.82, 2.24) is 24.2 Å². The number of ether oxygens (including phenoxy) is 4. The summed E-state index contributed by atoms with van der Waals surface area (Å²) < 4.78 is 59.3. The van der Waals surface area contributed by atoms with Crippen molar-refractivity contribution >= 4 is 31.4 Å². The van der Waals surface area contributed by atoms with Crippen LogP contribution in [0.5, 0.6) is 11.5 Å². The number of hydrogen-bond donors (Lipinski definition) is 1. The number of methoxy groups -OCH3 is 2. The molecule has 1 N–H and O–H groups in total. The van der Waals surface area contributed by atoms with Crippen LogP contribution in [0, 0.1) is 11.3 Å². The van der Waals surface area contributed by atoms with E-state index in [4.69, 9.17) is 28.0 Å². The van der Waals surface area contributed by atoms with Gasteiger partial charge < -0.3 is 33.3 Å². The monoisotopic (exact) mass is 875 g/mol. The van der Waals surface area contributed by atoms with Gasteiger partial charge in [0.25, 0.3) is 14.4 Å². The van der Waals surface area contributed by atoms with Gasteiger partial charge in [0, 0.05) is 17.6 Å². The Hall–Kier alpha value is -5.85. The smallest absolute Gasteiger partial charge is 0.259 e. The van der Waals surface area contributed by atoms with Crippen LogP contribution >= 0.6 is 8.53 Å². The Kier molecular flexibility index (Phi) is 14.7. The second-order valence-corrected chi connectivity index (χ2v) is 16.7. The topological polar surface area (TPSA) is 155 Å². The summed E-state index contributed by atoms with van der Waals surface area (Å²) in [5.41, 5.74) is 2.02. The van der Waals surface area contributed by atoms with Gasteiger partial charge in [-0.1, -0.05) is 72.8 Å². The molecule has 1 aliphatic heterocycles. The van der Waals surface area contributed by atoms with Crippen LogP contribution in [0.2, 0.25) is 0 Å². The van der Waals surface area contributed by atoms with E-state index < -0.39 is 38.7 Å². The van der Waals surface area contributed by atoms with Crippen LogP contribution in [-0.4, -0.2) is 88.0 Å². The van der Waals surface area contributed by atoms with Crippen molar-refractivity contribution in [1.29, 1.82) is 5.26 Å². The average molecular weight is 876 g/mol. The summed E-state index contributed by atoms with van der Waals surface area (Å²) in [6, 6.07) is 35.6. The van der Waals surface area contributed by atoms with E-state index in [0.29, 0.717) is 17.1 Å². The van der Waals surface area contributed by atoms with Gasteiger partial charge in [-0.15, -0.1) is 0 Å². The molecule has 5 atom stereocenters. The van der Waals surface area contributed by atoms with Gasteiger partial charge in [-0.2, -0.15) is 5.26 Å². The molecule has 328 valence electrons. The second kappa shape index (κ2) is 20.6. The first kappa shape index (κ1) is 45.2. The fourth-order valence-corrected chi connectivity index (χ4v) is 9.48. The Bertz CT molecular complexity index is 2400. The zero-order chi connectivity index (χ0) is 44.5. The van der Waals surface area contributed by atoms with E-state index in [1.165, 1.54) is 12.7 Å². The number of halogens is 1. The molecule has 0 aliphatic carbocycles. The van der Waals surface area contributed by atoms with Crippen LogP contribution in [0.4, 0.5) is 10.2 Å². The molecular weight excluding hydrogens is 825 g/mol. The molecule has 1 saturated heterocycles. The van der Waals surface area contributed by atoms with Crippen LogP contribution in [0.1, 0.15) is 67.4 Å². The number of nitriles is 1. The molecule has 6 aromatic rings. The summed E-state index contributed by atoms with van der Waals surface area (Å²) in [6.45, 7) is 7.86. The molecule has 1 fully saturated rings. The fraction of sp³-hybridized carbons (Fsp3) is 0.340. The van der Waals surface area contributed by atoms with E-state index in [9.17, 15) is 10.1 Å². The van der Waals surface area contributed by atoms with Crippen molar-refractivity contribution in [2.24, 2.45) is 0 Å². The van der Waals surface area contributed by atoms with Gasteiger partial charge in [-0.25, -0.2) is 24.0 Å². The van der Waals surface area contributed by atoms with Crippen molar-refractivity contribution < 1.29 is 37.2 Å². The Morgan fingerprint density at radius 1 is 0.873 bits per heavy atom. The van der Waals surface area contributed by atoms with Gasteiger partial charge in [0.05, 0.1) is 46.3 Å². The number of amides is 1. The van der Waals surface area contributed by atoms with Crippen LogP contribution in [0.3, 0.4) is 0 Å². The third-order valence-electron chi connectivity index (χ3n) is 10.7. The first-order chi connectivity index (χ1) is 30.6. The number of aromatic nitrogens is 4. The molecule has 7 rings (SSSR count). The fourth-order valence-electron chi connectivity index (χ4n) is 7.74. The number of nitrogens with zero attached hydrogens (tertiary/aromatic N) is 6. The standard InChI is InChI=1S/C47H51FN7O7P/c1-31(2)55(32(3)4)63(60-27-13-26-49)62-42-40(48)39(61-46(42)54-30-52-41-43(50-29-51-44(41)54)53-45(56)33-14-9-7-10-15-33)28-59-47(34-16-11-8-12-17-34,35-18-22-37(57-5)23-19-35)36-20-24-38(58-6)25-21-36/h7-12,14-25,29-32,39-40,42,46H,13,27-28H2,1-6H3,(H,50,51,53,56)/t39-,40+,42?,46-,63?/m1/s1. The molecule has 0 saturated carbocycles. The highest BCUT2D eigenvalue weighted by atomic mass is 31.2. The van der Waals surface area contributed by atoms with Crippen molar-refractivity contribution in [3.63, 3.8) is 0 Å². The SMILES string of the molecule is COc1ccc(C(OC[C@H]2O[C@@H](n3cnc4c(NC(=O)c5ccccc5)ncnc43)C(OP(OCCC#N)N(C(C)C)C(C)C)[C@H]2F)(c2ccccc2)c2ccc(OC)cc2)cc1. The molecule has 0 spiro atoms. The Balaban J connectivity index is 1.30. The molecule has 0 radical (unpaired) electrons. The van der Waals surface area contributed by atoms with Crippen LogP contribution < -0.4 is 14.8 Å². The number of nitrogens with one attached hydrogen (secondary N) is 1. The highest BCUT2D eigenvalue weighted by Crippen LogP contribution is 2.52. The number of benzene rings is 4. The molecule has 1 amide bonds. The van der Waals surface area contributed by atoms with E-state index in [1.807, 2.05) is 117 Å². The minimum absolute atomic E-state index is 0.0609. The summed E-state index contributed by atoms with van der Waals surface area (Å²) in [4.78, 5) is 26.7. The maximum Gasteiger partial charge on any atom is 0.259 e. The van der Waals surface area contributed by atoms with Crippen molar-refractivity contribution in [3.05, 3.63) is 144 Å². The number of anilines is 1. The van der Waals surface area contributed by atoms with Crippen molar-refractivity contribution in [2.45, 2.75) is 76.4 Å². The maximum absolute atomic E-state index is 17.7. The lowest BCUT2D eigenvalue weighted by Gasteiger charge is -2.38. The number of rotatable bonds is 19. The van der Waals surface area contributed by atoms with Gasteiger partial charge in [-0.3, -0.25) is 9.36 Å². The van der Waals surface area contributed by atoms with Crippen molar-refractivity contribution in [3.8, 4) is 17.6 Å². The normalized spacial score (nSPS) is 18.2. The molecular formula is C47H51FN7O7P. The molecule has 14 nitrogen and oxygen atoms in total. The van der Waals surface area contributed by atoms with E-state index in [-0.39, 0.29) is 54.6 Å². The number of carbonyl (C=O) groups is 1. The van der Waals surface area contributed by atoms with Gasteiger partial charge in [0.2, 0.25) is 0 Å². The largest absolute Gasteiger partial charge is 0.497 e. The van der Waals surface area contributed by atoms with Crippen molar-refractivity contribution in [2.75, 3.05) is 32.8 Å². The Morgan fingerprint density at radius 3 is 2.03 bits per heavy atom. The third kappa shape index (κ3) is 9.72. The Labute approximate surface area is 367 Å². The minimum atomic E-state index is -1.94. The van der Waals surface area contributed by atoms with Gasteiger partial charge in [0.15, 0.2) is 29.4 Å². The van der Waals surface area contributed by atoms with E-state index in [2.05, 4.69) is 26.3 Å². The van der Waals surface area contributed by atoms with E-state index in [0.717, 1.165) is 16.7 Å². The van der Waals surface area contributed by atoms with E-state index in [1.54, 1.807) is 43.1 Å². The molecule has 1 aliphatic rings. The second-order valence-electron chi connectivity index (χ2n) is 15.3. The number of fused-ring (bicyclic) bond motifs is 1. The number of alkyl halides is 1. The molecule has 2 aromatic heterocycles. The highest BCUT2D eigenvalue weighted by Gasteiger charge is 2.51.